The van der Waals surface area contributed by atoms with Gasteiger partial charge in [0, 0.05) is 5.56 Å². The lowest BCUT2D eigenvalue weighted by molar-refractivity contribution is -0.151. The Morgan fingerprint density at radius 1 is 0.895 bits per heavy atom. The first-order valence-electron chi connectivity index (χ1n) is 6.01. The van der Waals surface area contributed by atoms with Crippen molar-refractivity contribution in [3.8, 4) is 0 Å². The molecule has 2 aromatic carbocycles. The molecule has 1 aliphatic rings. The summed E-state index contributed by atoms with van der Waals surface area (Å²) in [5.74, 6) is -2.25. The molecule has 0 saturated carbocycles. The molecule has 1 atom stereocenters. The van der Waals surface area contributed by atoms with Crippen molar-refractivity contribution in [1.29, 1.82) is 0 Å². The van der Waals surface area contributed by atoms with Gasteiger partial charge in [-0.15, -0.1) is 0 Å². The van der Waals surface area contributed by atoms with Crippen LogP contribution in [-0.4, -0.2) is 21.3 Å². The van der Waals surface area contributed by atoms with E-state index in [1.165, 1.54) is 0 Å². The lowest BCUT2D eigenvalue weighted by Crippen LogP contribution is -2.26. The summed E-state index contributed by atoms with van der Waals surface area (Å²) in [6, 6.07) is 16.0. The Hall–Kier alpha value is -1.72. The number of aliphatic hydroxyl groups is 3. The van der Waals surface area contributed by atoms with Crippen LogP contribution in [-0.2, 0) is 16.9 Å². The zero-order chi connectivity index (χ0) is 13.5. The number of ether oxygens (including phenoxy) is 1. The molecule has 1 fully saturated rings. The summed E-state index contributed by atoms with van der Waals surface area (Å²) in [7, 11) is 0. The minimum atomic E-state index is -2.25. The molecule has 1 saturated heterocycles. The first-order valence-corrected chi connectivity index (χ1v) is 6.01. The van der Waals surface area contributed by atoms with Gasteiger partial charge in [-0.2, -0.15) is 0 Å². The van der Waals surface area contributed by atoms with Crippen LogP contribution in [0.1, 0.15) is 16.7 Å². The minimum absolute atomic E-state index is 0.190. The van der Waals surface area contributed by atoms with Gasteiger partial charge in [0.15, 0.2) is 0 Å². The summed E-state index contributed by atoms with van der Waals surface area (Å²) in [6.45, 7) is -0.190. The lowest BCUT2D eigenvalue weighted by atomic mass is 9.87. The molecule has 3 N–H and O–H groups in total. The highest BCUT2D eigenvalue weighted by molar-refractivity contribution is 5.47. The van der Waals surface area contributed by atoms with Crippen molar-refractivity contribution in [2.24, 2.45) is 0 Å². The fourth-order valence-electron chi connectivity index (χ4n) is 2.50. The number of hydrogen-bond acceptors (Lipinski definition) is 4. The van der Waals surface area contributed by atoms with E-state index in [2.05, 4.69) is 0 Å². The third kappa shape index (κ3) is 1.69. The van der Waals surface area contributed by atoms with E-state index in [-0.39, 0.29) is 6.61 Å². The molecular formula is C15H14O4. The molecule has 4 heteroatoms. The van der Waals surface area contributed by atoms with Crippen molar-refractivity contribution < 1.29 is 20.1 Å². The van der Waals surface area contributed by atoms with Crippen LogP contribution in [0.3, 0.4) is 0 Å². The van der Waals surface area contributed by atoms with Crippen molar-refractivity contribution in [3.05, 3.63) is 71.3 Å². The third-order valence-electron chi connectivity index (χ3n) is 3.46. The predicted molar refractivity (Wildman–Crippen MR) is 67.8 cm³/mol. The van der Waals surface area contributed by atoms with Crippen LogP contribution in [0.4, 0.5) is 0 Å². The molecule has 0 aliphatic carbocycles. The molecule has 1 aliphatic heterocycles. The summed E-state index contributed by atoms with van der Waals surface area (Å²) >= 11 is 0. The van der Waals surface area contributed by atoms with E-state index < -0.39 is 11.6 Å². The molecule has 98 valence electrons. The van der Waals surface area contributed by atoms with Gasteiger partial charge in [-0.3, -0.25) is 4.74 Å². The van der Waals surface area contributed by atoms with Crippen LogP contribution in [0.25, 0.3) is 0 Å². The summed E-state index contributed by atoms with van der Waals surface area (Å²) in [5, 5.41) is 29.2. The molecule has 2 aromatic rings. The Kier molecular flexibility index (Phi) is 2.69. The average Bonchev–Trinajstić information content (AvgIpc) is 3.04. The standard InChI is InChI=1S/C15H14O4/c16-10-11-6-4-5-9-13(11)14(15(17,18)19-14)12-7-2-1-3-8-12/h1-9,16-18H,10H2. The first-order chi connectivity index (χ1) is 9.12. The Balaban J connectivity index is 2.19. The fourth-order valence-corrected chi connectivity index (χ4v) is 2.50. The van der Waals surface area contributed by atoms with Gasteiger partial charge < -0.3 is 15.3 Å². The van der Waals surface area contributed by atoms with Crippen molar-refractivity contribution in [2.75, 3.05) is 0 Å². The summed E-state index contributed by atoms with van der Waals surface area (Å²) < 4.78 is 5.21. The normalized spacial score (nSPS) is 24.2. The summed E-state index contributed by atoms with van der Waals surface area (Å²) in [5.41, 5.74) is 0.485. The molecule has 4 nitrogen and oxygen atoms in total. The Morgan fingerprint density at radius 3 is 2.05 bits per heavy atom. The van der Waals surface area contributed by atoms with Gasteiger partial charge in [0.25, 0.3) is 0 Å². The quantitative estimate of drug-likeness (QED) is 0.569. The van der Waals surface area contributed by atoms with Gasteiger partial charge in [-0.25, -0.2) is 0 Å². The average molecular weight is 258 g/mol. The van der Waals surface area contributed by atoms with Gasteiger partial charge in [-0.05, 0) is 11.1 Å². The smallest absolute Gasteiger partial charge is 0.319 e. The van der Waals surface area contributed by atoms with E-state index in [0.717, 1.165) is 0 Å². The highest BCUT2D eigenvalue weighted by atomic mass is 16.9. The fraction of sp³-hybridized carbons (Fsp3) is 0.200. The number of epoxide rings is 1. The van der Waals surface area contributed by atoms with Crippen LogP contribution in [0.5, 0.6) is 0 Å². The van der Waals surface area contributed by atoms with Crippen molar-refractivity contribution in [1.82, 2.24) is 0 Å². The molecule has 1 unspecified atom stereocenters. The van der Waals surface area contributed by atoms with Gasteiger partial charge in [-0.1, -0.05) is 54.6 Å². The van der Waals surface area contributed by atoms with Crippen molar-refractivity contribution >= 4 is 0 Å². The second-order valence-electron chi connectivity index (χ2n) is 4.57. The van der Waals surface area contributed by atoms with Crippen LogP contribution in [0.15, 0.2) is 54.6 Å². The molecule has 0 radical (unpaired) electrons. The van der Waals surface area contributed by atoms with Crippen LogP contribution in [0.2, 0.25) is 0 Å². The van der Waals surface area contributed by atoms with Crippen molar-refractivity contribution in [2.45, 2.75) is 18.2 Å². The highest BCUT2D eigenvalue weighted by Crippen LogP contribution is 2.57. The van der Waals surface area contributed by atoms with Gasteiger partial charge in [0.1, 0.15) is 0 Å². The second-order valence-corrected chi connectivity index (χ2v) is 4.57. The summed E-state index contributed by atoms with van der Waals surface area (Å²) in [6.07, 6.45) is 0. The third-order valence-corrected chi connectivity index (χ3v) is 3.46. The van der Waals surface area contributed by atoms with E-state index in [1.807, 2.05) is 6.07 Å². The summed E-state index contributed by atoms with van der Waals surface area (Å²) in [4.78, 5) is 0. The molecule has 19 heavy (non-hydrogen) atoms. The van der Waals surface area contributed by atoms with Crippen LogP contribution >= 0.6 is 0 Å². The molecular weight excluding hydrogens is 244 g/mol. The minimum Gasteiger partial charge on any atom is -0.392 e. The molecule has 3 rings (SSSR count). The topological polar surface area (TPSA) is 73.2 Å². The van der Waals surface area contributed by atoms with E-state index in [1.54, 1.807) is 48.5 Å². The molecule has 0 spiro atoms. The Morgan fingerprint density at radius 2 is 1.47 bits per heavy atom. The van der Waals surface area contributed by atoms with Crippen LogP contribution in [0, 0.1) is 0 Å². The number of aliphatic hydroxyl groups excluding tert-OH is 1. The van der Waals surface area contributed by atoms with E-state index in [4.69, 9.17) is 4.74 Å². The first kappa shape index (κ1) is 12.3. The highest BCUT2D eigenvalue weighted by Gasteiger charge is 2.72. The number of rotatable bonds is 3. The maximum absolute atomic E-state index is 9.92. The lowest BCUT2D eigenvalue weighted by Gasteiger charge is -2.17. The number of hydrogen-bond donors (Lipinski definition) is 3. The van der Waals surface area contributed by atoms with Gasteiger partial charge in [0.2, 0.25) is 5.60 Å². The largest absolute Gasteiger partial charge is 0.392 e. The molecule has 0 aromatic heterocycles. The zero-order valence-electron chi connectivity index (χ0n) is 10.2. The molecule has 1 heterocycles. The molecule has 0 bridgehead atoms. The van der Waals surface area contributed by atoms with E-state index in [0.29, 0.717) is 16.7 Å². The Labute approximate surface area is 110 Å². The second kappa shape index (κ2) is 4.15. The number of benzene rings is 2. The SMILES string of the molecule is OCc1ccccc1C1(c2ccccc2)OC1(O)O. The molecule has 0 amide bonds. The maximum Gasteiger partial charge on any atom is 0.319 e. The van der Waals surface area contributed by atoms with Gasteiger partial charge >= 0.3 is 5.97 Å². The monoisotopic (exact) mass is 258 g/mol. The predicted octanol–water partition coefficient (Wildman–Crippen LogP) is 1.09. The van der Waals surface area contributed by atoms with E-state index in [9.17, 15) is 15.3 Å². The van der Waals surface area contributed by atoms with Gasteiger partial charge in [0.05, 0.1) is 6.61 Å². The van der Waals surface area contributed by atoms with Crippen molar-refractivity contribution in [3.63, 3.8) is 0 Å². The Bertz CT molecular complexity index is 594. The maximum atomic E-state index is 9.92. The van der Waals surface area contributed by atoms with E-state index >= 15 is 0 Å². The zero-order valence-corrected chi connectivity index (χ0v) is 10.2. The van der Waals surface area contributed by atoms with Crippen LogP contribution < -0.4 is 0 Å².